The molecule has 3 heterocycles. The van der Waals surface area contributed by atoms with Crippen LogP contribution in [0, 0.1) is 0 Å². The van der Waals surface area contributed by atoms with Crippen molar-refractivity contribution in [3.8, 4) is 11.5 Å². The number of carboxylic acid groups (broad SMARTS) is 1. The number of halogens is 2. The van der Waals surface area contributed by atoms with Crippen molar-refractivity contribution in [3.05, 3.63) is 12.1 Å². The van der Waals surface area contributed by atoms with Gasteiger partial charge in [-0.1, -0.05) is 0 Å². The Morgan fingerprint density at radius 1 is 1.15 bits per heavy atom. The van der Waals surface area contributed by atoms with E-state index >= 15 is 0 Å². The SMILES string of the molecule is COc1cc2c(NC(=O)O)nc(N3CCC(F)(F)CC3)nc2cc1OCCCN1CCCC1. The largest absolute Gasteiger partial charge is 0.493 e. The number of rotatable bonds is 8. The van der Waals surface area contributed by atoms with Gasteiger partial charge in [-0.05, 0) is 38.4 Å². The van der Waals surface area contributed by atoms with Gasteiger partial charge >= 0.3 is 6.09 Å². The summed E-state index contributed by atoms with van der Waals surface area (Å²) in [6.45, 7) is 3.88. The number of amides is 1. The van der Waals surface area contributed by atoms with Gasteiger partial charge in [-0.3, -0.25) is 5.32 Å². The van der Waals surface area contributed by atoms with Crippen molar-refractivity contribution in [1.82, 2.24) is 14.9 Å². The molecule has 1 aromatic carbocycles. The minimum Gasteiger partial charge on any atom is -0.493 e. The molecule has 2 aliphatic heterocycles. The molecule has 2 saturated heterocycles. The maximum absolute atomic E-state index is 13.6. The monoisotopic (exact) mass is 465 g/mol. The summed E-state index contributed by atoms with van der Waals surface area (Å²) in [5.41, 5.74) is 0.441. The second-order valence-electron chi connectivity index (χ2n) is 8.42. The van der Waals surface area contributed by atoms with E-state index in [9.17, 15) is 18.7 Å². The highest BCUT2D eigenvalue weighted by Gasteiger charge is 2.35. The van der Waals surface area contributed by atoms with Gasteiger partial charge in [0, 0.05) is 43.9 Å². The lowest BCUT2D eigenvalue weighted by Gasteiger charge is -2.32. The normalized spacial score (nSPS) is 18.5. The summed E-state index contributed by atoms with van der Waals surface area (Å²) in [6.07, 6.45) is 1.45. The molecule has 0 spiro atoms. The van der Waals surface area contributed by atoms with Gasteiger partial charge in [-0.2, -0.15) is 4.98 Å². The Labute approximate surface area is 190 Å². The van der Waals surface area contributed by atoms with Crippen LogP contribution in [0.4, 0.5) is 25.3 Å². The number of aromatic nitrogens is 2. The number of nitrogens with zero attached hydrogens (tertiary/aromatic N) is 4. The Morgan fingerprint density at radius 2 is 1.88 bits per heavy atom. The second-order valence-corrected chi connectivity index (χ2v) is 8.42. The van der Waals surface area contributed by atoms with E-state index in [2.05, 4.69) is 20.2 Å². The van der Waals surface area contributed by atoms with E-state index in [1.807, 2.05) is 0 Å². The molecule has 2 N–H and O–H groups in total. The van der Waals surface area contributed by atoms with Crippen LogP contribution in [0.25, 0.3) is 10.9 Å². The fourth-order valence-corrected chi connectivity index (χ4v) is 4.25. The number of benzene rings is 1. The number of carbonyl (C=O) groups is 1. The molecule has 0 atom stereocenters. The van der Waals surface area contributed by atoms with E-state index in [1.165, 1.54) is 20.0 Å². The van der Waals surface area contributed by atoms with Gasteiger partial charge in [0.25, 0.3) is 5.92 Å². The van der Waals surface area contributed by atoms with E-state index < -0.39 is 12.0 Å². The molecule has 180 valence electrons. The maximum Gasteiger partial charge on any atom is 0.410 e. The molecule has 1 amide bonds. The zero-order valence-corrected chi connectivity index (χ0v) is 18.6. The lowest BCUT2D eigenvalue weighted by molar-refractivity contribution is -0.0222. The van der Waals surface area contributed by atoms with Crippen molar-refractivity contribution >= 4 is 28.8 Å². The van der Waals surface area contributed by atoms with Crippen LogP contribution in [0.2, 0.25) is 0 Å². The number of alkyl halides is 2. The van der Waals surface area contributed by atoms with E-state index in [0.29, 0.717) is 29.0 Å². The number of hydrogen-bond acceptors (Lipinski definition) is 7. The Hall–Kier alpha value is -2.95. The molecule has 0 radical (unpaired) electrons. The third-order valence-electron chi connectivity index (χ3n) is 6.05. The molecule has 0 unspecified atom stereocenters. The summed E-state index contributed by atoms with van der Waals surface area (Å²) in [4.78, 5) is 24.2. The summed E-state index contributed by atoms with van der Waals surface area (Å²) < 4.78 is 38.6. The third-order valence-corrected chi connectivity index (χ3v) is 6.05. The van der Waals surface area contributed by atoms with Crippen LogP contribution < -0.4 is 19.7 Å². The van der Waals surface area contributed by atoms with Crippen LogP contribution in [0.15, 0.2) is 12.1 Å². The Morgan fingerprint density at radius 3 is 2.55 bits per heavy atom. The predicted octanol–water partition coefficient (Wildman–Crippen LogP) is 3.83. The molecule has 2 fully saturated rings. The first-order chi connectivity index (χ1) is 15.8. The minimum atomic E-state index is -2.71. The van der Waals surface area contributed by atoms with Gasteiger partial charge in [-0.25, -0.2) is 18.6 Å². The van der Waals surface area contributed by atoms with Crippen molar-refractivity contribution in [2.24, 2.45) is 0 Å². The Kier molecular flexibility index (Phi) is 6.96. The summed E-state index contributed by atoms with van der Waals surface area (Å²) in [6, 6.07) is 3.31. The van der Waals surface area contributed by atoms with Gasteiger partial charge in [0.2, 0.25) is 5.95 Å². The van der Waals surface area contributed by atoms with E-state index in [0.717, 1.165) is 26.1 Å². The number of piperidine rings is 1. The van der Waals surface area contributed by atoms with E-state index in [4.69, 9.17) is 9.47 Å². The first-order valence-electron chi connectivity index (χ1n) is 11.2. The molecule has 0 bridgehead atoms. The first kappa shape index (κ1) is 23.2. The highest BCUT2D eigenvalue weighted by Crippen LogP contribution is 2.36. The van der Waals surface area contributed by atoms with Crippen molar-refractivity contribution in [2.75, 3.05) is 56.7 Å². The van der Waals surface area contributed by atoms with Crippen LogP contribution >= 0.6 is 0 Å². The van der Waals surface area contributed by atoms with Crippen molar-refractivity contribution in [1.29, 1.82) is 0 Å². The molecule has 2 aliphatic rings. The van der Waals surface area contributed by atoms with Crippen molar-refractivity contribution in [3.63, 3.8) is 0 Å². The van der Waals surface area contributed by atoms with Gasteiger partial charge in [0.15, 0.2) is 11.5 Å². The number of nitrogens with one attached hydrogen (secondary N) is 1. The number of likely N-dealkylation sites (tertiary alicyclic amines) is 1. The number of methoxy groups -OCH3 is 1. The Balaban J connectivity index is 1.58. The van der Waals surface area contributed by atoms with Gasteiger partial charge in [-0.15, -0.1) is 0 Å². The third kappa shape index (κ3) is 5.70. The topological polar surface area (TPSA) is 100 Å². The molecule has 0 saturated carbocycles. The van der Waals surface area contributed by atoms with Crippen LogP contribution in [0.1, 0.15) is 32.1 Å². The number of ether oxygens (including phenoxy) is 2. The summed E-state index contributed by atoms with van der Waals surface area (Å²) >= 11 is 0. The second kappa shape index (κ2) is 9.90. The number of fused-ring (bicyclic) bond motifs is 1. The predicted molar refractivity (Wildman–Crippen MR) is 120 cm³/mol. The van der Waals surface area contributed by atoms with Gasteiger partial charge < -0.3 is 24.4 Å². The van der Waals surface area contributed by atoms with Crippen LogP contribution in [0.3, 0.4) is 0 Å². The lowest BCUT2D eigenvalue weighted by Crippen LogP contribution is -2.40. The quantitative estimate of drug-likeness (QED) is 0.568. The molecule has 11 heteroatoms. The molecule has 4 rings (SSSR count). The number of anilines is 2. The molecule has 2 aromatic rings. The molecule has 1 aromatic heterocycles. The molecular weight excluding hydrogens is 436 g/mol. The Bertz CT molecular complexity index is 990. The highest BCUT2D eigenvalue weighted by molar-refractivity contribution is 5.98. The molecule has 33 heavy (non-hydrogen) atoms. The van der Waals surface area contributed by atoms with Crippen molar-refractivity contribution < 1.29 is 28.2 Å². The number of hydrogen-bond donors (Lipinski definition) is 2. The highest BCUT2D eigenvalue weighted by atomic mass is 19.3. The zero-order chi connectivity index (χ0) is 23.4. The average molecular weight is 466 g/mol. The fraction of sp³-hybridized carbons (Fsp3) is 0.591. The minimum absolute atomic E-state index is 0.0683. The van der Waals surface area contributed by atoms with E-state index in [-0.39, 0.29) is 37.7 Å². The van der Waals surface area contributed by atoms with Crippen LogP contribution in [-0.4, -0.2) is 78.4 Å². The standard InChI is InChI=1S/C22H29F2N5O4/c1-32-17-13-15-16(14-18(17)33-12-4-9-28-7-2-3-8-28)25-20(26-19(15)27-21(30)31)29-10-5-22(23,24)6-11-29/h13-14H,2-12H2,1H3,(H,30,31)(H,25,26,27). The summed E-state index contributed by atoms with van der Waals surface area (Å²) in [5, 5.41) is 12.0. The fourth-order valence-electron chi connectivity index (χ4n) is 4.25. The van der Waals surface area contributed by atoms with Crippen molar-refractivity contribution in [2.45, 2.75) is 38.0 Å². The molecular formula is C22H29F2N5O4. The lowest BCUT2D eigenvalue weighted by atomic mass is 10.1. The first-order valence-corrected chi connectivity index (χ1v) is 11.2. The van der Waals surface area contributed by atoms with Crippen LogP contribution in [-0.2, 0) is 0 Å². The maximum atomic E-state index is 13.6. The zero-order valence-electron chi connectivity index (χ0n) is 18.6. The molecule has 9 nitrogen and oxygen atoms in total. The average Bonchev–Trinajstić information content (AvgIpc) is 3.29. The van der Waals surface area contributed by atoms with E-state index in [1.54, 1.807) is 17.0 Å². The summed E-state index contributed by atoms with van der Waals surface area (Å²) in [5.74, 6) is -1.52. The van der Waals surface area contributed by atoms with Gasteiger partial charge in [0.1, 0.15) is 5.82 Å². The smallest absolute Gasteiger partial charge is 0.410 e. The molecule has 0 aliphatic carbocycles. The summed E-state index contributed by atoms with van der Waals surface area (Å²) in [7, 11) is 1.51. The van der Waals surface area contributed by atoms with Crippen LogP contribution in [0.5, 0.6) is 11.5 Å². The van der Waals surface area contributed by atoms with Gasteiger partial charge in [0.05, 0.1) is 19.2 Å².